The summed E-state index contributed by atoms with van der Waals surface area (Å²) in [7, 11) is 0. The van der Waals surface area contributed by atoms with Gasteiger partial charge in [0.1, 0.15) is 6.10 Å². The summed E-state index contributed by atoms with van der Waals surface area (Å²) in [5, 5.41) is 18.5. The van der Waals surface area contributed by atoms with E-state index in [9.17, 15) is 10.2 Å². The molecule has 0 bridgehead atoms. The zero-order valence-corrected chi connectivity index (χ0v) is 11.7. The van der Waals surface area contributed by atoms with Crippen molar-refractivity contribution < 1.29 is 19.7 Å². The highest BCUT2D eigenvalue weighted by atomic mass is 16.5. The molecule has 0 aromatic heterocycles. The number of ether oxygens (including phenoxy) is 2. The van der Waals surface area contributed by atoms with Gasteiger partial charge in [-0.05, 0) is 25.8 Å². The van der Waals surface area contributed by atoms with Crippen LogP contribution < -0.4 is 0 Å². The summed E-state index contributed by atoms with van der Waals surface area (Å²) in [4.78, 5) is 0. The molecule has 0 aliphatic rings. The molecule has 0 spiro atoms. The molecular weight excluding hydrogens is 244 g/mol. The van der Waals surface area contributed by atoms with Crippen molar-refractivity contribution in [1.82, 2.24) is 0 Å². The third kappa shape index (κ3) is 6.68. The van der Waals surface area contributed by atoms with E-state index in [1.807, 2.05) is 30.3 Å². The highest BCUT2D eigenvalue weighted by molar-refractivity contribution is 5.14. The molecule has 0 aliphatic heterocycles. The average molecular weight is 268 g/mol. The van der Waals surface area contributed by atoms with Gasteiger partial charge in [0.05, 0.1) is 32.0 Å². The maximum absolute atomic E-state index is 9.30. The molecule has 2 N–H and O–H groups in total. The Morgan fingerprint density at radius 1 is 1.11 bits per heavy atom. The lowest BCUT2D eigenvalue weighted by atomic mass is 10.2. The molecule has 4 heteroatoms. The molecule has 1 aromatic carbocycles. The lowest BCUT2D eigenvalue weighted by Gasteiger charge is -2.20. The first-order chi connectivity index (χ1) is 9.13. The van der Waals surface area contributed by atoms with Crippen molar-refractivity contribution in [2.75, 3.05) is 19.8 Å². The van der Waals surface area contributed by atoms with Crippen LogP contribution in [0.25, 0.3) is 0 Å². The van der Waals surface area contributed by atoms with Crippen molar-refractivity contribution in [2.24, 2.45) is 0 Å². The SMILES string of the molecule is CC(O)C(C)OCC(CO)OCCc1ccccc1. The third-order valence-corrected chi connectivity index (χ3v) is 3.02. The quantitative estimate of drug-likeness (QED) is 0.710. The minimum absolute atomic E-state index is 0.0820. The maximum Gasteiger partial charge on any atom is 0.104 e. The molecule has 0 saturated carbocycles. The van der Waals surface area contributed by atoms with Gasteiger partial charge >= 0.3 is 0 Å². The topological polar surface area (TPSA) is 58.9 Å². The Kier molecular flexibility index (Phi) is 7.67. The third-order valence-electron chi connectivity index (χ3n) is 3.02. The highest BCUT2D eigenvalue weighted by Crippen LogP contribution is 2.04. The number of rotatable bonds is 9. The van der Waals surface area contributed by atoms with Gasteiger partial charge < -0.3 is 19.7 Å². The van der Waals surface area contributed by atoms with Crippen molar-refractivity contribution in [2.45, 2.75) is 38.6 Å². The van der Waals surface area contributed by atoms with Gasteiger partial charge in [-0.1, -0.05) is 30.3 Å². The summed E-state index contributed by atoms with van der Waals surface area (Å²) in [6.07, 6.45) is -0.316. The number of aliphatic hydroxyl groups excluding tert-OH is 2. The minimum atomic E-state index is -0.524. The lowest BCUT2D eigenvalue weighted by molar-refractivity contribution is -0.0843. The van der Waals surface area contributed by atoms with Crippen molar-refractivity contribution in [3.8, 4) is 0 Å². The maximum atomic E-state index is 9.30. The van der Waals surface area contributed by atoms with E-state index in [4.69, 9.17) is 9.47 Å². The Balaban J connectivity index is 2.21. The molecule has 0 heterocycles. The van der Waals surface area contributed by atoms with Crippen molar-refractivity contribution in [3.63, 3.8) is 0 Å². The van der Waals surface area contributed by atoms with E-state index in [-0.39, 0.29) is 25.4 Å². The fourth-order valence-corrected chi connectivity index (χ4v) is 1.54. The van der Waals surface area contributed by atoms with Crippen LogP contribution in [0.2, 0.25) is 0 Å². The van der Waals surface area contributed by atoms with Crippen molar-refractivity contribution in [1.29, 1.82) is 0 Å². The highest BCUT2D eigenvalue weighted by Gasteiger charge is 2.13. The first-order valence-electron chi connectivity index (χ1n) is 6.69. The summed E-state index contributed by atoms with van der Waals surface area (Å²) in [5.74, 6) is 0. The van der Waals surface area contributed by atoms with Crippen LogP contribution in [-0.2, 0) is 15.9 Å². The summed E-state index contributed by atoms with van der Waals surface area (Å²) in [6, 6.07) is 10.1. The van der Waals surface area contributed by atoms with Crippen LogP contribution >= 0.6 is 0 Å². The monoisotopic (exact) mass is 268 g/mol. The summed E-state index contributed by atoms with van der Waals surface area (Å²) in [5.41, 5.74) is 1.21. The zero-order chi connectivity index (χ0) is 14.1. The molecular formula is C15H24O4. The van der Waals surface area contributed by atoms with Gasteiger partial charge in [0.2, 0.25) is 0 Å². The zero-order valence-electron chi connectivity index (χ0n) is 11.7. The van der Waals surface area contributed by atoms with Gasteiger partial charge in [-0.25, -0.2) is 0 Å². The molecule has 0 saturated heterocycles. The standard InChI is InChI=1S/C15H24O4/c1-12(17)13(2)19-11-15(10-16)18-9-8-14-6-4-3-5-7-14/h3-7,12-13,15-17H,8-11H2,1-2H3. The Bertz CT molecular complexity index is 326. The van der Waals surface area contributed by atoms with Crippen LogP contribution in [0.1, 0.15) is 19.4 Å². The number of hydrogen-bond donors (Lipinski definition) is 2. The van der Waals surface area contributed by atoms with Gasteiger partial charge in [-0.15, -0.1) is 0 Å². The van der Waals surface area contributed by atoms with Crippen LogP contribution in [0.15, 0.2) is 30.3 Å². The molecule has 19 heavy (non-hydrogen) atoms. The van der Waals surface area contributed by atoms with Gasteiger partial charge in [-0.2, -0.15) is 0 Å². The van der Waals surface area contributed by atoms with Crippen LogP contribution in [0, 0.1) is 0 Å². The normalized spacial score (nSPS) is 16.0. The first-order valence-corrected chi connectivity index (χ1v) is 6.69. The Morgan fingerprint density at radius 2 is 1.79 bits per heavy atom. The van der Waals surface area contributed by atoms with Crippen LogP contribution in [0.3, 0.4) is 0 Å². The van der Waals surface area contributed by atoms with Crippen molar-refractivity contribution >= 4 is 0 Å². The second-order valence-corrected chi connectivity index (χ2v) is 4.69. The van der Waals surface area contributed by atoms with Crippen LogP contribution in [0.5, 0.6) is 0 Å². The number of aliphatic hydroxyl groups is 2. The summed E-state index contributed by atoms with van der Waals surface area (Å²) < 4.78 is 11.0. The van der Waals surface area contributed by atoms with Gasteiger partial charge in [0.15, 0.2) is 0 Å². The molecule has 108 valence electrons. The van der Waals surface area contributed by atoms with Crippen LogP contribution in [-0.4, -0.2) is 48.3 Å². The fraction of sp³-hybridized carbons (Fsp3) is 0.600. The van der Waals surface area contributed by atoms with E-state index >= 15 is 0 Å². The van der Waals surface area contributed by atoms with E-state index in [1.54, 1.807) is 13.8 Å². The Morgan fingerprint density at radius 3 is 2.37 bits per heavy atom. The average Bonchev–Trinajstić information content (AvgIpc) is 2.43. The van der Waals surface area contributed by atoms with Gasteiger partial charge in [-0.3, -0.25) is 0 Å². The molecule has 0 aliphatic carbocycles. The van der Waals surface area contributed by atoms with Crippen molar-refractivity contribution in [3.05, 3.63) is 35.9 Å². The van der Waals surface area contributed by atoms with Gasteiger partial charge in [0, 0.05) is 0 Å². The number of hydrogen-bond acceptors (Lipinski definition) is 4. The predicted octanol–water partition coefficient (Wildman–Crippen LogP) is 1.39. The van der Waals surface area contributed by atoms with E-state index in [1.165, 1.54) is 5.56 Å². The van der Waals surface area contributed by atoms with E-state index in [0.717, 1.165) is 6.42 Å². The first kappa shape index (κ1) is 16.1. The second kappa shape index (κ2) is 9.04. The summed E-state index contributed by atoms with van der Waals surface area (Å²) >= 11 is 0. The molecule has 1 aromatic rings. The smallest absolute Gasteiger partial charge is 0.104 e. The molecule has 3 unspecified atom stereocenters. The van der Waals surface area contributed by atoms with Gasteiger partial charge in [0.25, 0.3) is 0 Å². The van der Waals surface area contributed by atoms with E-state index < -0.39 is 6.10 Å². The summed E-state index contributed by atoms with van der Waals surface area (Å²) in [6.45, 7) is 4.22. The van der Waals surface area contributed by atoms with E-state index in [0.29, 0.717) is 6.61 Å². The minimum Gasteiger partial charge on any atom is -0.394 e. The Labute approximate surface area is 115 Å². The molecule has 3 atom stereocenters. The molecule has 0 amide bonds. The van der Waals surface area contributed by atoms with E-state index in [2.05, 4.69) is 0 Å². The lowest BCUT2D eigenvalue weighted by Crippen LogP contribution is -2.31. The Hall–Kier alpha value is -0.940. The predicted molar refractivity (Wildman–Crippen MR) is 74.1 cm³/mol. The molecule has 0 fully saturated rings. The second-order valence-electron chi connectivity index (χ2n) is 4.69. The number of benzene rings is 1. The molecule has 0 radical (unpaired) electrons. The molecule has 1 rings (SSSR count). The van der Waals surface area contributed by atoms with Crippen LogP contribution in [0.4, 0.5) is 0 Å². The largest absolute Gasteiger partial charge is 0.394 e. The fourth-order valence-electron chi connectivity index (χ4n) is 1.54. The molecule has 4 nitrogen and oxygen atoms in total.